The summed E-state index contributed by atoms with van der Waals surface area (Å²) in [5.74, 6) is 1.53. The van der Waals surface area contributed by atoms with E-state index in [-0.39, 0.29) is 6.10 Å². The van der Waals surface area contributed by atoms with Gasteiger partial charge in [-0.2, -0.15) is 0 Å². The zero-order valence-corrected chi connectivity index (χ0v) is 14.7. The van der Waals surface area contributed by atoms with Gasteiger partial charge in [0.05, 0.1) is 19.3 Å². The first-order valence-electron chi connectivity index (χ1n) is 8.38. The molecule has 0 aliphatic rings. The third-order valence-electron chi connectivity index (χ3n) is 3.73. The maximum atomic E-state index is 10.2. The second kappa shape index (κ2) is 9.30. The molecule has 1 atom stereocenters. The molecule has 0 bridgehead atoms. The average Bonchev–Trinajstić information content (AvgIpc) is 2.59. The molecule has 4 nitrogen and oxygen atoms in total. The lowest BCUT2D eigenvalue weighted by molar-refractivity contribution is 0.166. The zero-order valence-electron chi connectivity index (χ0n) is 14.7. The molecule has 0 saturated carbocycles. The van der Waals surface area contributed by atoms with Crippen molar-refractivity contribution >= 4 is 0 Å². The van der Waals surface area contributed by atoms with Gasteiger partial charge in [-0.3, -0.25) is 0 Å². The molecule has 2 N–H and O–H groups in total. The van der Waals surface area contributed by atoms with Crippen molar-refractivity contribution in [1.29, 1.82) is 0 Å². The predicted octanol–water partition coefficient (Wildman–Crippen LogP) is 3.70. The molecule has 0 aromatic heterocycles. The van der Waals surface area contributed by atoms with Crippen LogP contribution in [0.1, 0.15) is 37.5 Å². The van der Waals surface area contributed by atoms with Gasteiger partial charge >= 0.3 is 0 Å². The van der Waals surface area contributed by atoms with Gasteiger partial charge in [-0.05, 0) is 38.4 Å². The molecule has 0 heterocycles. The Bertz CT molecular complexity index is 614. The first-order chi connectivity index (χ1) is 11.6. The summed E-state index contributed by atoms with van der Waals surface area (Å²) in [5.41, 5.74) is 2.00. The molecular weight excluding hydrogens is 302 g/mol. The molecule has 2 aromatic carbocycles. The van der Waals surface area contributed by atoms with Gasteiger partial charge in [-0.25, -0.2) is 0 Å². The number of hydrogen-bond donors (Lipinski definition) is 2. The molecule has 0 aliphatic heterocycles. The van der Waals surface area contributed by atoms with Crippen LogP contribution in [0.2, 0.25) is 0 Å². The number of hydrogen-bond acceptors (Lipinski definition) is 4. The van der Waals surface area contributed by atoms with E-state index in [2.05, 4.69) is 5.32 Å². The van der Waals surface area contributed by atoms with Crippen molar-refractivity contribution in [3.05, 3.63) is 59.7 Å². The molecular formula is C20H27NO3. The zero-order chi connectivity index (χ0) is 17.4. The molecule has 0 unspecified atom stereocenters. The van der Waals surface area contributed by atoms with Crippen LogP contribution in [0, 0.1) is 0 Å². The Morgan fingerprint density at radius 2 is 1.79 bits per heavy atom. The van der Waals surface area contributed by atoms with Crippen LogP contribution in [0.15, 0.2) is 48.5 Å². The second-order valence-corrected chi connectivity index (χ2v) is 6.01. The van der Waals surface area contributed by atoms with Crippen molar-refractivity contribution in [3.8, 4) is 11.5 Å². The van der Waals surface area contributed by atoms with Gasteiger partial charge < -0.3 is 19.9 Å². The minimum atomic E-state index is -0.449. The number of aliphatic hydroxyl groups excluding tert-OH is 1. The van der Waals surface area contributed by atoms with E-state index in [1.165, 1.54) is 0 Å². The minimum Gasteiger partial charge on any atom is -0.493 e. The van der Waals surface area contributed by atoms with Crippen molar-refractivity contribution in [2.24, 2.45) is 0 Å². The Morgan fingerprint density at radius 3 is 2.46 bits per heavy atom. The summed E-state index contributed by atoms with van der Waals surface area (Å²) in [6, 6.07) is 15.6. The highest BCUT2D eigenvalue weighted by atomic mass is 16.5. The van der Waals surface area contributed by atoms with Gasteiger partial charge in [-0.1, -0.05) is 42.5 Å². The first kappa shape index (κ1) is 18.3. The van der Waals surface area contributed by atoms with Crippen molar-refractivity contribution in [2.75, 3.05) is 13.7 Å². The fourth-order valence-corrected chi connectivity index (χ4v) is 2.53. The van der Waals surface area contributed by atoms with E-state index in [1.807, 2.05) is 62.4 Å². The van der Waals surface area contributed by atoms with Crippen LogP contribution in [-0.4, -0.2) is 24.9 Å². The van der Waals surface area contributed by atoms with Gasteiger partial charge in [0.1, 0.15) is 0 Å². The maximum absolute atomic E-state index is 10.2. The molecule has 130 valence electrons. The summed E-state index contributed by atoms with van der Waals surface area (Å²) in [6.07, 6.45) is 0.296. The van der Waals surface area contributed by atoms with Gasteiger partial charge in [-0.15, -0.1) is 0 Å². The fourth-order valence-electron chi connectivity index (χ4n) is 2.53. The smallest absolute Gasteiger partial charge is 0.166 e. The highest BCUT2D eigenvalue weighted by Gasteiger charge is 2.12. The fraction of sp³-hybridized carbons (Fsp3) is 0.400. The molecule has 0 radical (unpaired) electrons. The lowest BCUT2D eigenvalue weighted by Crippen LogP contribution is -2.18. The van der Waals surface area contributed by atoms with Gasteiger partial charge in [0.15, 0.2) is 11.5 Å². The molecule has 0 saturated heterocycles. The number of nitrogens with one attached hydrogen (secondary N) is 1. The van der Waals surface area contributed by atoms with Crippen LogP contribution in [0.5, 0.6) is 11.5 Å². The summed E-state index contributed by atoms with van der Waals surface area (Å²) in [6.45, 7) is 5.38. The quantitative estimate of drug-likeness (QED) is 0.689. The third kappa shape index (κ3) is 5.25. The van der Waals surface area contributed by atoms with Crippen LogP contribution >= 0.6 is 0 Å². The lowest BCUT2D eigenvalue weighted by atomic mass is 10.1. The lowest BCUT2D eigenvalue weighted by Gasteiger charge is -2.18. The molecule has 2 aromatic rings. The van der Waals surface area contributed by atoms with Crippen LogP contribution in [-0.2, 0) is 6.54 Å². The highest BCUT2D eigenvalue weighted by Crippen LogP contribution is 2.32. The van der Waals surface area contributed by atoms with Crippen molar-refractivity contribution in [2.45, 2.75) is 39.0 Å². The van der Waals surface area contributed by atoms with E-state index in [4.69, 9.17) is 9.47 Å². The summed E-state index contributed by atoms with van der Waals surface area (Å²) in [5, 5.41) is 13.6. The van der Waals surface area contributed by atoms with Gasteiger partial charge in [0.25, 0.3) is 0 Å². The number of ether oxygens (including phenoxy) is 2. The van der Waals surface area contributed by atoms with Crippen LogP contribution in [0.3, 0.4) is 0 Å². The Kier molecular flexibility index (Phi) is 7.09. The first-order valence-corrected chi connectivity index (χ1v) is 8.38. The highest BCUT2D eigenvalue weighted by molar-refractivity contribution is 5.46. The monoisotopic (exact) mass is 329 g/mol. The maximum Gasteiger partial charge on any atom is 0.166 e. The van der Waals surface area contributed by atoms with E-state index < -0.39 is 6.10 Å². The predicted molar refractivity (Wildman–Crippen MR) is 96.5 cm³/mol. The van der Waals surface area contributed by atoms with Crippen LogP contribution < -0.4 is 14.8 Å². The molecule has 0 amide bonds. The van der Waals surface area contributed by atoms with Crippen molar-refractivity contribution in [3.63, 3.8) is 0 Å². The number of rotatable bonds is 9. The number of benzene rings is 2. The Hall–Kier alpha value is -2.04. The van der Waals surface area contributed by atoms with E-state index in [1.54, 1.807) is 7.11 Å². The van der Waals surface area contributed by atoms with Crippen LogP contribution in [0.25, 0.3) is 0 Å². The van der Waals surface area contributed by atoms with E-state index >= 15 is 0 Å². The van der Waals surface area contributed by atoms with Gasteiger partial charge in [0.2, 0.25) is 0 Å². The standard InChI is InChI=1S/C20H27NO3/c1-15(2)24-20-17(10-7-11-19(20)23-3)14-21-13-12-18(22)16-8-5-4-6-9-16/h4-11,15,18,21-22H,12-14H2,1-3H3/t18-/m0/s1. The van der Waals surface area contributed by atoms with Crippen molar-refractivity contribution < 1.29 is 14.6 Å². The molecule has 2 rings (SSSR count). The number of para-hydroxylation sites is 1. The topological polar surface area (TPSA) is 50.7 Å². The average molecular weight is 329 g/mol. The number of methoxy groups -OCH3 is 1. The minimum absolute atomic E-state index is 0.0833. The summed E-state index contributed by atoms with van der Waals surface area (Å²) < 4.78 is 11.3. The van der Waals surface area contributed by atoms with E-state index in [9.17, 15) is 5.11 Å². The van der Waals surface area contributed by atoms with E-state index in [0.29, 0.717) is 19.5 Å². The normalized spacial score (nSPS) is 12.2. The molecule has 24 heavy (non-hydrogen) atoms. The Balaban J connectivity index is 1.90. The molecule has 0 spiro atoms. The summed E-state index contributed by atoms with van der Waals surface area (Å²) >= 11 is 0. The van der Waals surface area contributed by atoms with Crippen molar-refractivity contribution in [1.82, 2.24) is 5.32 Å². The molecule has 0 aliphatic carbocycles. The molecule has 4 heteroatoms. The summed E-state index contributed by atoms with van der Waals surface area (Å²) in [7, 11) is 1.65. The SMILES string of the molecule is COc1cccc(CNCC[C@H](O)c2ccccc2)c1OC(C)C. The second-order valence-electron chi connectivity index (χ2n) is 6.01. The third-order valence-corrected chi connectivity index (χ3v) is 3.73. The largest absolute Gasteiger partial charge is 0.493 e. The summed E-state index contributed by atoms with van der Waals surface area (Å²) in [4.78, 5) is 0. The number of aliphatic hydroxyl groups is 1. The Morgan fingerprint density at radius 1 is 1.04 bits per heavy atom. The van der Waals surface area contributed by atoms with Gasteiger partial charge in [0, 0.05) is 12.1 Å². The molecule has 0 fully saturated rings. The Labute approximate surface area is 144 Å². The van der Waals surface area contributed by atoms with Crippen LogP contribution in [0.4, 0.5) is 0 Å². The van der Waals surface area contributed by atoms with E-state index in [0.717, 1.165) is 22.6 Å².